The number of aliphatic hydroxyl groups is 1. The third kappa shape index (κ3) is 3.82. The molecule has 1 saturated heterocycles. The number of benzene rings is 1. The Hall–Kier alpha value is -2.40. The molecular formula is C20H25N3O2. The molecule has 5 heteroatoms. The number of amides is 1. The van der Waals surface area contributed by atoms with E-state index in [-0.39, 0.29) is 11.8 Å². The monoisotopic (exact) mass is 339 g/mol. The van der Waals surface area contributed by atoms with Crippen LogP contribution in [0.3, 0.4) is 0 Å². The van der Waals surface area contributed by atoms with Crippen molar-refractivity contribution in [3.63, 3.8) is 0 Å². The molecule has 1 atom stereocenters. The second-order valence-electron chi connectivity index (χ2n) is 6.75. The zero-order valence-electron chi connectivity index (χ0n) is 14.8. The number of aromatic nitrogens is 1. The molecule has 2 heterocycles. The molecular weight excluding hydrogens is 314 g/mol. The van der Waals surface area contributed by atoms with Gasteiger partial charge in [-0.1, -0.05) is 30.3 Å². The van der Waals surface area contributed by atoms with Gasteiger partial charge in [0.1, 0.15) is 5.82 Å². The lowest BCUT2D eigenvalue weighted by Crippen LogP contribution is -2.40. The van der Waals surface area contributed by atoms with E-state index in [1.807, 2.05) is 60.3 Å². The number of nitrogens with zero attached hydrogens (tertiary/aromatic N) is 3. The fraction of sp³-hybridized carbons (Fsp3) is 0.400. The van der Waals surface area contributed by atoms with Crippen LogP contribution in [-0.2, 0) is 0 Å². The van der Waals surface area contributed by atoms with Gasteiger partial charge in [0.2, 0.25) is 0 Å². The summed E-state index contributed by atoms with van der Waals surface area (Å²) in [5.41, 5.74) is 1.59. The zero-order chi connectivity index (χ0) is 17.8. The normalized spacial score (nSPS) is 16.5. The maximum atomic E-state index is 12.9. The summed E-state index contributed by atoms with van der Waals surface area (Å²) < 4.78 is 0. The number of rotatable bonds is 4. The van der Waals surface area contributed by atoms with Crippen molar-refractivity contribution in [1.29, 1.82) is 0 Å². The first kappa shape index (κ1) is 17.4. The minimum Gasteiger partial charge on any atom is -0.388 e. The van der Waals surface area contributed by atoms with Crippen LogP contribution < -0.4 is 4.90 Å². The summed E-state index contributed by atoms with van der Waals surface area (Å²) in [6.07, 6.45) is 2.85. The molecule has 5 nitrogen and oxygen atoms in total. The first-order valence-corrected chi connectivity index (χ1v) is 8.72. The molecule has 1 fully saturated rings. The average Bonchev–Trinajstić information content (AvgIpc) is 2.67. The Morgan fingerprint density at radius 1 is 1.16 bits per heavy atom. The van der Waals surface area contributed by atoms with Crippen LogP contribution in [0, 0.1) is 5.92 Å². The van der Waals surface area contributed by atoms with E-state index >= 15 is 0 Å². The molecule has 0 saturated carbocycles. The Labute approximate surface area is 148 Å². The van der Waals surface area contributed by atoms with E-state index in [4.69, 9.17) is 0 Å². The van der Waals surface area contributed by atoms with Crippen molar-refractivity contribution in [2.75, 3.05) is 32.1 Å². The fourth-order valence-electron chi connectivity index (χ4n) is 3.43. The molecule has 0 bridgehead atoms. The van der Waals surface area contributed by atoms with Gasteiger partial charge >= 0.3 is 0 Å². The lowest BCUT2D eigenvalue weighted by Gasteiger charge is -2.34. The summed E-state index contributed by atoms with van der Waals surface area (Å²) in [5.74, 6) is 0.900. The molecule has 0 unspecified atom stereocenters. The lowest BCUT2D eigenvalue weighted by atomic mass is 9.87. The Morgan fingerprint density at radius 2 is 1.84 bits per heavy atom. The van der Waals surface area contributed by atoms with E-state index in [0.29, 0.717) is 24.5 Å². The smallest absolute Gasteiger partial charge is 0.257 e. The number of pyridine rings is 1. The molecule has 2 aromatic rings. The molecule has 0 spiro atoms. The van der Waals surface area contributed by atoms with Crippen LogP contribution in [0.25, 0.3) is 0 Å². The highest BCUT2D eigenvalue weighted by Crippen LogP contribution is 2.31. The number of carbonyl (C=O) groups is 1. The van der Waals surface area contributed by atoms with Gasteiger partial charge in [0.15, 0.2) is 0 Å². The highest BCUT2D eigenvalue weighted by atomic mass is 16.3. The van der Waals surface area contributed by atoms with Crippen LogP contribution in [0.4, 0.5) is 5.82 Å². The van der Waals surface area contributed by atoms with Crippen molar-refractivity contribution in [2.45, 2.75) is 18.9 Å². The molecule has 1 aliphatic heterocycles. The summed E-state index contributed by atoms with van der Waals surface area (Å²) in [7, 11) is 3.78. The molecule has 0 radical (unpaired) electrons. The van der Waals surface area contributed by atoms with E-state index in [1.54, 1.807) is 12.3 Å². The first-order valence-electron chi connectivity index (χ1n) is 8.72. The zero-order valence-corrected chi connectivity index (χ0v) is 14.8. The van der Waals surface area contributed by atoms with Crippen LogP contribution in [0.15, 0.2) is 48.7 Å². The predicted molar refractivity (Wildman–Crippen MR) is 98.6 cm³/mol. The second-order valence-corrected chi connectivity index (χ2v) is 6.75. The van der Waals surface area contributed by atoms with Crippen LogP contribution in [-0.4, -0.2) is 48.1 Å². The largest absolute Gasteiger partial charge is 0.388 e. The third-order valence-corrected chi connectivity index (χ3v) is 4.86. The van der Waals surface area contributed by atoms with Gasteiger partial charge in [-0.3, -0.25) is 4.79 Å². The van der Waals surface area contributed by atoms with Gasteiger partial charge in [-0.25, -0.2) is 4.98 Å². The first-order chi connectivity index (χ1) is 12.1. The van der Waals surface area contributed by atoms with Gasteiger partial charge in [0, 0.05) is 33.4 Å². The maximum absolute atomic E-state index is 12.9. The summed E-state index contributed by atoms with van der Waals surface area (Å²) in [6.45, 7) is 1.32. The van der Waals surface area contributed by atoms with E-state index < -0.39 is 6.10 Å². The van der Waals surface area contributed by atoms with Gasteiger partial charge in [-0.2, -0.15) is 0 Å². The molecule has 1 amide bonds. The molecule has 1 N–H and O–H groups in total. The quantitative estimate of drug-likeness (QED) is 0.930. The van der Waals surface area contributed by atoms with E-state index in [0.717, 1.165) is 18.4 Å². The molecule has 3 rings (SSSR count). The standard InChI is InChI=1S/C20H25N3O2/c1-22(2)19-17(9-6-12-21-19)20(25)23-13-10-16(11-14-23)18(24)15-7-4-3-5-8-15/h3-9,12,16,18,24H,10-11,13-14H2,1-2H3/t18-/m0/s1. The van der Waals surface area contributed by atoms with Crippen molar-refractivity contribution in [3.05, 3.63) is 59.8 Å². The summed E-state index contributed by atoms with van der Waals surface area (Å²) >= 11 is 0. The second kappa shape index (κ2) is 7.66. The number of hydrogen-bond acceptors (Lipinski definition) is 4. The van der Waals surface area contributed by atoms with Gasteiger partial charge in [0.05, 0.1) is 11.7 Å². The van der Waals surface area contributed by atoms with E-state index in [9.17, 15) is 9.90 Å². The Bertz CT molecular complexity index is 710. The lowest BCUT2D eigenvalue weighted by molar-refractivity contribution is 0.0462. The van der Waals surface area contributed by atoms with Crippen LogP contribution >= 0.6 is 0 Å². The minimum atomic E-state index is -0.464. The van der Waals surface area contributed by atoms with E-state index in [1.165, 1.54) is 0 Å². The molecule has 132 valence electrons. The molecule has 25 heavy (non-hydrogen) atoms. The van der Waals surface area contributed by atoms with Gasteiger partial charge in [-0.05, 0) is 36.5 Å². The van der Waals surface area contributed by atoms with Crippen LogP contribution in [0.2, 0.25) is 0 Å². The Morgan fingerprint density at radius 3 is 2.48 bits per heavy atom. The molecule has 1 aromatic carbocycles. The minimum absolute atomic E-state index is 0.0180. The van der Waals surface area contributed by atoms with Gasteiger partial charge in [-0.15, -0.1) is 0 Å². The maximum Gasteiger partial charge on any atom is 0.257 e. The van der Waals surface area contributed by atoms with Crippen molar-refractivity contribution in [2.24, 2.45) is 5.92 Å². The molecule has 1 aromatic heterocycles. The van der Waals surface area contributed by atoms with Crippen LogP contribution in [0.1, 0.15) is 34.9 Å². The van der Waals surface area contributed by atoms with Crippen molar-refractivity contribution in [1.82, 2.24) is 9.88 Å². The topological polar surface area (TPSA) is 56.7 Å². The SMILES string of the molecule is CN(C)c1ncccc1C(=O)N1CCC([C@@H](O)c2ccccc2)CC1. The summed E-state index contributed by atoms with van der Waals surface area (Å²) in [4.78, 5) is 20.9. The highest BCUT2D eigenvalue weighted by Gasteiger charge is 2.29. The number of piperidine rings is 1. The van der Waals surface area contributed by atoms with Gasteiger partial charge in [0.25, 0.3) is 5.91 Å². The number of carbonyl (C=O) groups excluding carboxylic acids is 1. The van der Waals surface area contributed by atoms with Crippen molar-refractivity contribution < 1.29 is 9.90 Å². The summed E-state index contributed by atoms with van der Waals surface area (Å²) in [6, 6.07) is 13.4. The number of anilines is 1. The van der Waals surface area contributed by atoms with Crippen LogP contribution in [0.5, 0.6) is 0 Å². The number of hydrogen-bond donors (Lipinski definition) is 1. The van der Waals surface area contributed by atoms with Crippen molar-refractivity contribution >= 4 is 11.7 Å². The van der Waals surface area contributed by atoms with Crippen molar-refractivity contribution in [3.8, 4) is 0 Å². The van der Waals surface area contributed by atoms with Gasteiger partial charge < -0.3 is 14.9 Å². The number of aliphatic hydroxyl groups excluding tert-OH is 1. The third-order valence-electron chi connectivity index (χ3n) is 4.86. The fourth-order valence-corrected chi connectivity index (χ4v) is 3.43. The Kier molecular flexibility index (Phi) is 5.34. The predicted octanol–water partition coefficient (Wildman–Crippen LogP) is 2.73. The highest BCUT2D eigenvalue weighted by molar-refractivity contribution is 5.98. The Balaban J connectivity index is 1.65. The molecule has 0 aliphatic carbocycles. The van der Waals surface area contributed by atoms with E-state index in [2.05, 4.69) is 4.98 Å². The molecule has 1 aliphatic rings. The summed E-state index contributed by atoms with van der Waals surface area (Å²) in [5, 5.41) is 10.6. The number of likely N-dealkylation sites (tertiary alicyclic amines) is 1. The average molecular weight is 339 g/mol.